The van der Waals surface area contributed by atoms with Crippen molar-refractivity contribution in [3.8, 4) is 35.5 Å². The highest BCUT2D eigenvalue weighted by Gasteiger charge is 2.40. The summed E-state index contributed by atoms with van der Waals surface area (Å²) >= 11 is 5.99. The van der Waals surface area contributed by atoms with Crippen molar-refractivity contribution in [3.05, 3.63) is 239 Å². The minimum Gasteiger partial charge on any atom is -0.497 e. The Labute approximate surface area is 888 Å². The van der Waals surface area contributed by atoms with Gasteiger partial charge in [-0.05, 0) is 264 Å². The zero-order chi connectivity index (χ0) is 110. The summed E-state index contributed by atoms with van der Waals surface area (Å²) in [6, 6.07) is 25.1. The molecule has 4 aliphatic heterocycles. The van der Waals surface area contributed by atoms with Crippen LogP contribution in [0, 0.1) is 113 Å². The fraction of sp³-hybridized carbons (Fsp3) is 0.484. The molecule has 0 aliphatic carbocycles. The van der Waals surface area contributed by atoms with Gasteiger partial charge in [0.25, 0.3) is 0 Å². The third-order valence-electron chi connectivity index (χ3n) is 32.7. The van der Waals surface area contributed by atoms with Gasteiger partial charge in [0.2, 0.25) is 23.6 Å². The lowest BCUT2D eigenvalue weighted by molar-refractivity contribution is -0.140. The van der Waals surface area contributed by atoms with Gasteiger partial charge < -0.3 is 52.1 Å². The predicted octanol–water partition coefficient (Wildman–Crippen LogP) is 23.2. The Morgan fingerprint density at radius 1 is 0.373 bits per heavy atom. The smallest absolute Gasteiger partial charge is 0.225 e. The van der Waals surface area contributed by atoms with Crippen LogP contribution in [0.2, 0.25) is 5.02 Å². The number of pyridine rings is 4. The normalized spacial score (nSPS) is 15.5. The van der Waals surface area contributed by atoms with E-state index in [4.69, 9.17) is 40.8 Å². The summed E-state index contributed by atoms with van der Waals surface area (Å²) in [7, 11) is 12.6. The molecular weight excluding hydrogens is 1910 g/mol. The van der Waals surface area contributed by atoms with Crippen LogP contribution in [-0.4, -0.2) is 178 Å². The number of aryl methyl sites for hydroxylation is 8. The molecule has 8 aromatic heterocycles. The van der Waals surface area contributed by atoms with Gasteiger partial charge in [-0.1, -0.05) is 122 Å². The number of amides is 4. The fourth-order valence-corrected chi connectivity index (χ4v) is 21.4. The number of hydrogen-bond acceptors (Lipinski definition) is 18. The van der Waals surface area contributed by atoms with E-state index in [1.54, 1.807) is 79.4 Å². The number of carbonyl (C=O) groups excluding carboxylic acids is 8. The predicted molar refractivity (Wildman–Crippen MR) is 587 cm³/mol. The molecule has 12 aromatic rings. The number of rotatable bonds is 23. The number of ketones is 4. The van der Waals surface area contributed by atoms with E-state index in [9.17, 15) is 58.5 Å². The molecule has 792 valence electrons. The number of hydrogen-bond donors (Lipinski definition) is 0. The maximum Gasteiger partial charge on any atom is 0.225 e. The van der Waals surface area contributed by atoms with E-state index in [0.29, 0.717) is 79.3 Å². The Morgan fingerprint density at radius 3 is 0.980 bits per heavy atom. The number of benzene rings is 4. The van der Waals surface area contributed by atoms with Crippen LogP contribution < -0.4 is 14.2 Å². The summed E-state index contributed by atoms with van der Waals surface area (Å²) < 4.78 is 38.3. The van der Waals surface area contributed by atoms with Gasteiger partial charge in [-0.25, -0.2) is 24.3 Å². The highest BCUT2D eigenvalue weighted by molar-refractivity contribution is 6.31. The SMILES string of the molecule is COc1cc(C#N)cc(C(=O)Cc2cnc3c(c(C4CCN(C(=O)[C@H](C)C(C)(C)C)CC4)cn3C)c2C)c1.COc1ccc(C#N)cc1C(=O)Cc1cnc2c(c(C3CCN(C(=O)[C@H](C)C(C)(C)C)CC3)cn2C)c1C.COc1ccc(C(=O)Cc2cnc3c(c(C4CCN(C(=O)[C@H](C)C(C)(C)C)CC4)cn3C)c2C)cc1C#N.Cc1c(CC(=O)c2cc(Cl)ccc2F)cnc2c1c(C1CCN(C(=O)[C@H](C)C(C)(C)C)CC1)cn2C. The molecule has 16 rings (SSSR count). The minimum atomic E-state index is -0.571. The summed E-state index contributed by atoms with van der Waals surface area (Å²) in [5.74, 6) is 2.42. The van der Waals surface area contributed by atoms with Gasteiger partial charge >= 0.3 is 0 Å². The Bertz CT molecular complexity index is 7280. The average molecular weight is 2060 g/mol. The number of aromatic nitrogens is 8. The molecule has 4 saturated heterocycles. The molecule has 0 N–H and O–H groups in total. The lowest BCUT2D eigenvalue weighted by Gasteiger charge is -2.37. The second-order valence-corrected chi connectivity index (χ2v) is 46.5. The van der Waals surface area contributed by atoms with Gasteiger partial charge in [-0.2, -0.15) is 15.8 Å². The number of nitrogens with zero attached hydrogens (tertiary/aromatic N) is 15. The first kappa shape index (κ1) is 113. The van der Waals surface area contributed by atoms with E-state index in [1.165, 1.54) is 61.8 Å². The molecule has 0 radical (unpaired) electrons. The molecule has 4 aliphatic rings. The summed E-state index contributed by atoms with van der Waals surface area (Å²) in [4.78, 5) is 132. The first-order valence-electron chi connectivity index (χ1n) is 52.5. The van der Waals surface area contributed by atoms with E-state index < -0.39 is 5.82 Å². The minimum absolute atomic E-state index is 0.00296. The van der Waals surface area contributed by atoms with E-state index >= 15 is 0 Å². The van der Waals surface area contributed by atoms with Crippen molar-refractivity contribution in [2.75, 3.05) is 73.7 Å². The van der Waals surface area contributed by atoms with Gasteiger partial charge in [0.1, 0.15) is 51.7 Å². The van der Waals surface area contributed by atoms with Crippen molar-refractivity contribution in [1.82, 2.24) is 57.8 Å². The molecule has 150 heavy (non-hydrogen) atoms. The third-order valence-corrected chi connectivity index (χ3v) is 32.9. The largest absolute Gasteiger partial charge is 0.497 e. The summed E-state index contributed by atoms with van der Waals surface area (Å²) in [6.45, 7) is 47.7. The molecule has 26 nitrogen and oxygen atoms in total. The molecule has 4 atom stereocenters. The number of methoxy groups -OCH3 is 3. The van der Waals surface area contributed by atoms with Crippen LogP contribution >= 0.6 is 11.6 Å². The number of nitriles is 3. The van der Waals surface area contributed by atoms with Crippen LogP contribution in [0.15, 0.2) is 122 Å². The van der Waals surface area contributed by atoms with Crippen molar-refractivity contribution in [1.29, 1.82) is 15.8 Å². The topological polar surface area (TPSA) is 320 Å². The van der Waals surface area contributed by atoms with Gasteiger partial charge in [-0.15, -0.1) is 0 Å². The molecule has 0 unspecified atom stereocenters. The molecule has 4 amide bonds. The van der Waals surface area contributed by atoms with Crippen molar-refractivity contribution < 1.29 is 57.0 Å². The first-order chi connectivity index (χ1) is 70.7. The van der Waals surface area contributed by atoms with Crippen molar-refractivity contribution in [2.45, 2.75) is 239 Å². The van der Waals surface area contributed by atoms with Crippen LogP contribution in [-0.2, 0) is 73.1 Å². The van der Waals surface area contributed by atoms with Crippen LogP contribution in [0.4, 0.5) is 4.39 Å². The maximum absolute atomic E-state index is 14.3. The molecule has 4 aromatic carbocycles. The lowest BCUT2D eigenvalue weighted by Crippen LogP contribution is -2.43. The fourth-order valence-electron chi connectivity index (χ4n) is 21.2. The van der Waals surface area contributed by atoms with Crippen molar-refractivity contribution in [2.24, 2.45) is 73.5 Å². The van der Waals surface area contributed by atoms with E-state index in [0.717, 1.165) is 192 Å². The van der Waals surface area contributed by atoms with E-state index in [1.807, 2.05) is 87.0 Å². The number of piperidine rings is 4. The Kier molecular flexibility index (Phi) is 35.4. The molecule has 28 heteroatoms. The molecule has 12 heterocycles. The second-order valence-electron chi connectivity index (χ2n) is 46.1. The maximum atomic E-state index is 14.3. The Hall–Kier alpha value is -13.7. The summed E-state index contributed by atoms with van der Waals surface area (Å²) in [5.41, 5.74) is 18.4. The lowest BCUT2D eigenvalue weighted by atomic mass is 9.80. The second kappa shape index (κ2) is 46.8. The number of Topliss-reactive ketones (excluding diaryl/α,β-unsaturated/α-hetero) is 4. The number of ether oxygens (including phenoxy) is 3. The Morgan fingerprint density at radius 2 is 0.680 bits per heavy atom. The monoisotopic (exact) mass is 2050 g/mol. The molecular formula is C122H149ClFN15O11. The molecule has 0 spiro atoms. The third kappa shape index (κ3) is 24.9. The van der Waals surface area contributed by atoms with Crippen LogP contribution in [0.25, 0.3) is 44.1 Å². The zero-order valence-corrected chi connectivity index (χ0v) is 93.5. The average Bonchev–Trinajstić information content (AvgIpc) is 1.63. The van der Waals surface area contributed by atoms with Gasteiger partial charge in [0, 0.05) is 217 Å². The summed E-state index contributed by atoms with van der Waals surface area (Å²) in [5, 5.41) is 32.7. The van der Waals surface area contributed by atoms with Crippen molar-refractivity contribution in [3.63, 3.8) is 0 Å². The van der Waals surface area contributed by atoms with E-state index in [-0.39, 0.29) is 123 Å². The summed E-state index contributed by atoms with van der Waals surface area (Å²) in [6.07, 6.45) is 23.6. The molecule has 0 bridgehead atoms. The zero-order valence-electron chi connectivity index (χ0n) is 92.8. The van der Waals surface area contributed by atoms with Crippen molar-refractivity contribution >= 4 is 102 Å². The molecule has 4 fully saturated rings. The Balaban J connectivity index is 0.000000167. The first-order valence-corrected chi connectivity index (χ1v) is 52.8. The number of halogens is 2. The van der Waals surface area contributed by atoms with Gasteiger partial charge in [0.15, 0.2) is 23.1 Å². The number of fused-ring (bicyclic) bond motifs is 4. The van der Waals surface area contributed by atoms with Crippen LogP contribution in [0.3, 0.4) is 0 Å². The molecule has 0 saturated carbocycles. The van der Waals surface area contributed by atoms with Gasteiger partial charge in [-0.3, -0.25) is 38.4 Å². The van der Waals surface area contributed by atoms with E-state index in [2.05, 4.69) is 166 Å². The number of carbonyl (C=O) groups is 8. The number of likely N-dealkylation sites (tertiary alicyclic amines) is 4. The highest BCUT2D eigenvalue weighted by atomic mass is 35.5. The quantitative estimate of drug-likeness (QED) is 0.0537. The van der Waals surface area contributed by atoms with Crippen LogP contribution in [0.1, 0.15) is 311 Å². The highest BCUT2D eigenvalue weighted by Crippen LogP contribution is 2.45. The standard InChI is InChI=1S/3C31H38N4O3.C29H35ClFN3O2/c1-19-24(15-27(36)23-12-21(16-32)13-25(14-23)38-7)17-33-29-28(19)26(18-34(29)6)22-8-10-35(11-9-22)30(37)20(2)31(3,4)5;1-19-24(15-26(36)22-8-9-27(38-7)23(14-22)16-32)17-33-29-28(19)25(18-34(29)6)21-10-12-35(13-11-21)30(37)20(2)31(3,4)5;1-19-23(15-26(36)24-14-21(16-32)8-9-27(24)38-7)17-33-29-28(19)25(18-34(29)6)22-10-12-35(13-11-22)30(37)20(2)31(3,4)5;1-17-20(13-25(35)22-14-21(30)7-8-24(22)31)15-32-27-26(17)23(16-33(27)6)19-9-11-34(12-10-19)28(36)18(2)29(3,4)5/h12-14,17-18,20,22H,8-11,15H2,1-7H3;8-9,14,17-18,20-21H,10-13,15H2,1-7H3;8-9,14,17-18,20,22H,10-13,15H2,1-7H3;7-8,14-16,18-19H,9-13H2,1-6H3/t3*20-;18-/m0000/s1. The van der Waals surface area contributed by atoms with Crippen LogP contribution in [0.5, 0.6) is 17.2 Å². The van der Waals surface area contributed by atoms with Gasteiger partial charge in [0.05, 0.1) is 61.3 Å².